The van der Waals surface area contributed by atoms with E-state index >= 15 is 0 Å². The molecule has 0 saturated carbocycles. The van der Waals surface area contributed by atoms with Crippen molar-refractivity contribution in [1.82, 2.24) is 5.32 Å². The van der Waals surface area contributed by atoms with Crippen LogP contribution in [0.4, 0.5) is 0 Å². The lowest BCUT2D eigenvalue weighted by molar-refractivity contribution is 0.0567. The van der Waals surface area contributed by atoms with Gasteiger partial charge in [-0.2, -0.15) is 0 Å². The van der Waals surface area contributed by atoms with Gasteiger partial charge < -0.3 is 10.4 Å². The lowest BCUT2D eigenvalue weighted by Gasteiger charge is -2.33. The van der Waals surface area contributed by atoms with Crippen molar-refractivity contribution in [3.8, 4) is 0 Å². The molecule has 1 atom stereocenters. The number of rotatable bonds is 1. The van der Waals surface area contributed by atoms with Crippen LogP contribution in [0.15, 0.2) is 60.8 Å². The van der Waals surface area contributed by atoms with Crippen molar-refractivity contribution in [2.75, 3.05) is 0 Å². The van der Waals surface area contributed by atoms with Crippen molar-refractivity contribution in [2.24, 2.45) is 0 Å². The largest absolute Gasteiger partial charge is 0.363 e. The molecule has 2 heteroatoms. The van der Waals surface area contributed by atoms with Gasteiger partial charge >= 0.3 is 0 Å². The van der Waals surface area contributed by atoms with Crippen LogP contribution >= 0.6 is 0 Å². The van der Waals surface area contributed by atoms with Gasteiger partial charge in [0.1, 0.15) is 0 Å². The maximum atomic E-state index is 10.8. The van der Waals surface area contributed by atoms with Crippen LogP contribution < -0.4 is 5.32 Å². The SMILES string of the molecule is OC1(c2ccccc2)NC=Cc2ccccc21. The number of fused-ring (bicyclic) bond motifs is 1. The van der Waals surface area contributed by atoms with Crippen LogP contribution in [-0.2, 0) is 5.72 Å². The molecule has 0 radical (unpaired) electrons. The van der Waals surface area contributed by atoms with Crippen LogP contribution in [0.5, 0.6) is 0 Å². The lowest BCUT2D eigenvalue weighted by Crippen LogP contribution is -2.42. The zero-order valence-electron chi connectivity index (χ0n) is 9.30. The molecule has 2 N–H and O–H groups in total. The predicted octanol–water partition coefficient (Wildman–Crippen LogP) is 2.45. The number of aliphatic hydroxyl groups is 1. The minimum atomic E-state index is -1.13. The molecule has 84 valence electrons. The van der Waals surface area contributed by atoms with E-state index in [9.17, 15) is 5.11 Å². The maximum absolute atomic E-state index is 10.8. The number of hydrogen-bond acceptors (Lipinski definition) is 2. The molecule has 2 nitrogen and oxygen atoms in total. The van der Waals surface area contributed by atoms with E-state index in [2.05, 4.69) is 5.32 Å². The van der Waals surface area contributed by atoms with Gasteiger partial charge in [-0.05, 0) is 17.8 Å². The molecule has 0 fully saturated rings. The first-order valence-corrected chi connectivity index (χ1v) is 5.62. The normalized spacial score (nSPS) is 21.7. The molecular weight excluding hydrogens is 210 g/mol. The molecule has 1 aliphatic rings. The summed E-state index contributed by atoms with van der Waals surface area (Å²) >= 11 is 0. The van der Waals surface area contributed by atoms with Gasteiger partial charge in [-0.25, -0.2) is 0 Å². The Morgan fingerprint density at radius 1 is 0.882 bits per heavy atom. The summed E-state index contributed by atoms with van der Waals surface area (Å²) in [5, 5.41) is 13.9. The standard InChI is InChI=1S/C15H13NO/c17-15(13-7-2-1-3-8-13)14-9-5-4-6-12(14)10-11-16-15/h1-11,16-17H. The van der Waals surface area contributed by atoms with E-state index in [4.69, 9.17) is 0 Å². The van der Waals surface area contributed by atoms with Crippen molar-refractivity contribution in [3.05, 3.63) is 77.5 Å². The summed E-state index contributed by atoms with van der Waals surface area (Å²) in [6, 6.07) is 17.5. The molecule has 1 unspecified atom stereocenters. The fourth-order valence-electron chi connectivity index (χ4n) is 2.22. The molecule has 0 bridgehead atoms. The van der Waals surface area contributed by atoms with Crippen molar-refractivity contribution < 1.29 is 5.11 Å². The average Bonchev–Trinajstić information content (AvgIpc) is 2.40. The van der Waals surface area contributed by atoms with Gasteiger partial charge in [0.2, 0.25) is 0 Å². The van der Waals surface area contributed by atoms with Gasteiger partial charge in [-0.3, -0.25) is 0 Å². The predicted molar refractivity (Wildman–Crippen MR) is 68.1 cm³/mol. The molecule has 17 heavy (non-hydrogen) atoms. The zero-order chi connectivity index (χ0) is 11.7. The Hall–Kier alpha value is -2.06. The van der Waals surface area contributed by atoms with Crippen molar-refractivity contribution in [3.63, 3.8) is 0 Å². The molecule has 0 spiro atoms. The van der Waals surface area contributed by atoms with E-state index in [0.29, 0.717) is 0 Å². The Bertz CT molecular complexity index is 562. The smallest absolute Gasteiger partial charge is 0.189 e. The summed E-state index contributed by atoms with van der Waals surface area (Å²) in [6.07, 6.45) is 3.75. The van der Waals surface area contributed by atoms with E-state index in [1.54, 1.807) is 6.20 Å². The molecule has 1 aliphatic heterocycles. The molecule has 0 saturated heterocycles. The highest BCUT2D eigenvalue weighted by Crippen LogP contribution is 2.32. The highest BCUT2D eigenvalue weighted by atomic mass is 16.3. The van der Waals surface area contributed by atoms with Gasteiger partial charge in [0.25, 0.3) is 0 Å². The van der Waals surface area contributed by atoms with Crippen LogP contribution in [0.25, 0.3) is 6.08 Å². The Morgan fingerprint density at radius 2 is 1.59 bits per heavy atom. The first kappa shape index (κ1) is 10.1. The molecule has 1 heterocycles. The summed E-state index contributed by atoms with van der Waals surface area (Å²) in [7, 11) is 0. The van der Waals surface area contributed by atoms with E-state index in [-0.39, 0.29) is 0 Å². The average molecular weight is 223 g/mol. The van der Waals surface area contributed by atoms with E-state index in [1.807, 2.05) is 60.7 Å². The lowest BCUT2D eigenvalue weighted by atomic mass is 9.89. The third-order valence-electron chi connectivity index (χ3n) is 3.10. The fourth-order valence-corrected chi connectivity index (χ4v) is 2.22. The third-order valence-corrected chi connectivity index (χ3v) is 3.10. The van der Waals surface area contributed by atoms with Crippen molar-refractivity contribution in [2.45, 2.75) is 5.72 Å². The second kappa shape index (κ2) is 3.75. The Kier molecular flexibility index (Phi) is 2.23. The van der Waals surface area contributed by atoms with Gasteiger partial charge in [0.15, 0.2) is 5.72 Å². The molecule has 0 amide bonds. The summed E-state index contributed by atoms with van der Waals surface area (Å²) in [5.74, 6) is 0. The summed E-state index contributed by atoms with van der Waals surface area (Å²) in [5.41, 5.74) is 1.63. The molecule has 2 aromatic rings. The van der Waals surface area contributed by atoms with E-state index < -0.39 is 5.72 Å². The number of hydrogen-bond donors (Lipinski definition) is 2. The number of benzene rings is 2. The molecule has 0 aliphatic carbocycles. The highest BCUT2D eigenvalue weighted by Gasteiger charge is 2.33. The number of nitrogens with one attached hydrogen (secondary N) is 1. The van der Waals surface area contributed by atoms with Gasteiger partial charge in [-0.15, -0.1) is 0 Å². The van der Waals surface area contributed by atoms with Crippen molar-refractivity contribution in [1.29, 1.82) is 0 Å². The Morgan fingerprint density at radius 3 is 2.41 bits per heavy atom. The van der Waals surface area contributed by atoms with Gasteiger partial charge in [0.05, 0.1) is 0 Å². The second-order valence-electron chi connectivity index (χ2n) is 4.14. The molecule has 3 rings (SSSR count). The summed E-state index contributed by atoms with van der Waals surface area (Å²) in [4.78, 5) is 0. The first-order valence-electron chi connectivity index (χ1n) is 5.62. The highest BCUT2D eigenvalue weighted by molar-refractivity contribution is 5.60. The first-order chi connectivity index (χ1) is 8.31. The molecular formula is C15H13NO. The quantitative estimate of drug-likeness (QED) is 0.778. The minimum absolute atomic E-state index is 0.844. The molecule has 0 aromatic heterocycles. The van der Waals surface area contributed by atoms with Gasteiger partial charge in [0, 0.05) is 11.1 Å². The van der Waals surface area contributed by atoms with Crippen LogP contribution in [0.1, 0.15) is 16.7 Å². The Balaban J connectivity index is 2.19. The van der Waals surface area contributed by atoms with Crippen LogP contribution in [-0.4, -0.2) is 5.11 Å². The summed E-state index contributed by atoms with van der Waals surface area (Å²) in [6.45, 7) is 0. The topological polar surface area (TPSA) is 32.3 Å². The summed E-state index contributed by atoms with van der Waals surface area (Å²) < 4.78 is 0. The van der Waals surface area contributed by atoms with Crippen LogP contribution in [0.2, 0.25) is 0 Å². The minimum Gasteiger partial charge on any atom is -0.363 e. The van der Waals surface area contributed by atoms with Gasteiger partial charge in [-0.1, -0.05) is 54.6 Å². The third kappa shape index (κ3) is 1.54. The van der Waals surface area contributed by atoms with Crippen LogP contribution in [0.3, 0.4) is 0 Å². The Labute approximate surface area is 100 Å². The van der Waals surface area contributed by atoms with E-state index in [0.717, 1.165) is 16.7 Å². The van der Waals surface area contributed by atoms with E-state index in [1.165, 1.54) is 0 Å². The second-order valence-corrected chi connectivity index (χ2v) is 4.14. The fraction of sp³-hybridized carbons (Fsp3) is 0.0667. The maximum Gasteiger partial charge on any atom is 0.189 e. The molecule has 2 aromatic carbocycles. The zero-order valence-corrected chi connectivity index (χ0v) is 9.30. The van der Waals surface area contributed by atoms with Crippen LogP contribution in [0, 0.1) is 0 Å². The monoisotopic (exact) mass is 223 g/mol. The van der Waals surface area contributed by atoms with Crippen molar-refractivity contribution >= 4 is 6.08 Å².